The van der Waals surface area contributed by atoms with E-state index in [9.17, 15) is 0 Å². The van der Waals surface area contributed by atoms with Gasteiger partial charge in [0.15, 0.2) is 0 Å². The monoisotopic (exact) mass is 542 g/mol. The molecule has 0 saturated heterocycles. The normalized spacial score (nSPS) is 11.3. The van der Waals surface area contributed by atoms with E-state index in [4.69, 9.17) is 8.83 Å². The third-order valence-electron chi connectivity index (χ3n) is 7.59. The lowest BCUT2D eigenvalue weighted by molar-refractivity contribution is 0.572. The number of nitrogens with zero attached hydrogens (tertiary/aromatic N) is 4. The lowest BCUT2D eigenvalue weighted by Gasteiger charge is -2.16. The smallest absolute Gasteiger partial charge is 0.244 e. The molecular formula is C36H22N4O2. The lowest BCUT2D eigenvalue weighted by Crippen LogP contribution is -1.91. The van der Waals surface area contributed by atoms with Crippen molar-refractivity contribution in [2.75, 3.05) is 0 Å². The second-order valence-corrected chi connectivity index (χ2v) is 9.95. The van der Waals surface area contributed by atoms with Crippen LogP contribution in [0.5, 0.6) is 0 Å². The van der Waals surface area contributed by atoms with Gasteiger partial charge in [0.05, 0.1) is 12.4 Å². The highest BCUT2D eigenvalue weighted by atomic mass is 16.3. The van der Waals surface area contributed by atoms with Crippen LogP contribution in [-0.4, -0.2) is 19.9 Å². The largest absolute Gasteiger partial charge is 0.443 e. The van der Waals surface area contributed by atoms with Crippen LogP contribution in [0, 0.1) is 0 Å². The van der Waals surface area contributed by atoms with Crippen LogP contribution in [0.25, 0.3) is 78.1 Å². The van der Waals surface area contributed by atoms with Crippen LogP contribution >= 0.6 is 0 Å². The summed E-state index contributed by atoms with van der Waals surface area (Å²) in [6.07, 6.45) is 10.1. The topological polar surface area (TPSA) is 77.8 Å². The predicted octanol–water partition coefficient (Wildman–Crippen LogP) is 9.09. The van der Waals surface area contributed by atoms with E-state index in [-0.39, 0.29) is 0 Å². The van der Waals surface area contributed by atoms with Gasteiger partial charge in [-0.2, -0.15) is 0 Å². The van der Waals surface area contributed by atoms with Crippen LogP contribution in [0.1, 0.15) is 0 Å². The van der Waals surface area contributed by atoms with Crippen molar-refractivity contribution in [2.45, 2.75) is 0 Å². The second-order valence-electron chi connectivity index (χ2n) is 9.95. The molecule has 0 spiro atoms. The van der Waals surface area contributed by atoms with Crippen LogP contribution in [0.15, 0.2) is 143 Å². The molecular weight excluding hydrogens is 520 g/mol. The molecule has 0 saturated carbocycles. The van der Waals surface area contributed by atoms with Crippen molar-refractivity contribution in [2.24, 2.45) is 0 Å². The highest BCUT2D eigenvalue weighted by molar-refractivity contribution is 6.12. The Morgan fingerprint density at radius 1 is 0.381 bits per heavy atom. The van der Waals surface area contributed by atoms with E-state index >= 15 is 0 Å². The van der Waals surface area contributed by atoms with Gasteiger partial charge in [0, 0.05) is 23.5 Å². The van der Waals surface area contributed by atoms with Crippen LogP contribution in [-0.2, 0) is 0 Å². The van der Waals surface area contributed by atoms with E-state index in [0.29, 0.717) is 23.2 Å². The van der Waals surface area contributed by atoms with Crippen molar-refractivity contribution in [3.8, 4) is 56.6 Å². The van der Waals surface area contributed by atoms with E-state index in [0.717, 1.165) is 22.3 Å². The Morgan fingerprint density at radius 2 is 0.786 bits per heavy atom. The van der Waals surface area contributed by atoms with E-state index < -0.39 is 0 Å². The minimum atomic E-state index is 0.512. The van der Waals surface area contributed by atoms with E-state index in [1.54, 1.807) is 24.9 Å². The quantitative estimate of drug-likeness (QED) is 0.216. The number of rotatable bonds is 5. The second kappa shape index (κ2) is 9.94. The number of hydrogen-bond acceptors (Lipinski definition) is 6. The highest BCUT2D eigenvalue weighted by Gasteiger charge is 2.15. The van der Waals surface area contributed by atoms with Crippen molar-refractivity contribution < 1.29 is 8.83 Å². The molecule has 0 aliphatic rings. The molecule has 0 amide bonds. The number of oxazole rings is 2. The van der Waals surface area contributed by atoms with Gasteiger partial charge in [0.1, 0.15) is 23.9 Å². The van der Waals surface area contributed by atoms with Gasteiger partial charge >= 0.3 is 0 Å². The maximum absolute atomic E-state index is 5.41. The Labute approximate surface area is 241 Å². The van der Waals surface area contributed by atoms with E-state index in [1.165, 1.54) is 32.7 Å². The molecule has 4 aromatic carbocycles. The Balaban J connectivity index is 1.23. The molecule has 8 aromatic rings. The molecule has 6 heteroatoms. The third kappa shape index (κ3) is 4.05. The summed E-state index contributed by atoms with van der Waals surface area (Å²) in [7, 11) is 0. The number of aromatic nitrogens is 4. The minimum Gasteiger partial charge on any atom is -0.443 e. The maximum Gasteiger partial charge on any atom is 0.244 e. The van der Waals surface area contributed by atoms with E-state index in [2.05, 4.69) is 105 Å². The molecule has 0 atom stereocenters. The number of fused-ring (bicyclic) bond motifs is 2. The summed E-state index contributed by atoms with van der Waals surface area (Å²) in [5, 5.41) is 4.70. The average molecular weight is 543 g/mol. The molecule has 6 nitrogen and oxygen atoms in total. The van der Waals surface area contributed by atoms with Crippen molar-refractivity contribution in [3.05, 3.63) is 134 Å². The van der Waals surface area contributed by atoms with Crippen LogP contribution in [0.2, 0.25) is 0 Å². The summed E-state index contributed by atoms with van der Waals surface area (Å²) in [5.41, 5.74) is 8.09. The first-order valence-electron chi connectivity index (χ1n) is 13.6. The standard InChI is InChI=1S/C36H22N4O2/c1-3-7-29-27(5-1)25(23-9-15-33(39-21-23)35-37-17-19-41-35)11-13-31(29)32-14-12-26(28-6-2-4-8-30(28)32)24-10-16-34(40-22-24)36-38-18-20-42-36/h1-22H. The molecule has 4 aromatic heterocycles. The summed E-state index contributed by atoms with van der Waals surface area (Å²) in [6.45, 7) is 0. The molecule has 0 N–H and O–H groups in total. The Morgan fingerprint density at radius 3 is 1.14 bits per heavy atom. The van der Waals surface area contributed by atoms with Gasteiger partial charge < -0.3 is 8.83 Å². The fourth-order valence-corrected chi connectivity index (χ4v) is 5.63. The van der Waals surface area contributed by atoms with Gasteiger partial charge in [-0.3, -0.25) is 9.97 Å². The summed E-state index contributed by atoms with van der Waals surface area (Å²) in [6, 6.07) is 33.9. The molecule has 198 valence electrons. The average Bonchev–Trinajstić information content (AvgIpc) is 3.80. The van der Waals surface area contributed by atoms with Crippen LogP contribution in [0.4, 0.5) is 0 Å². The number of hydrogen-bond donors (Lipinski definition) is 0. The van der Waals surface area contributed by atoms with Gasteiger partial charge in [0.25, 0.3) is 0 Å². The molecule has 0 unspecified atom stereocenters. The first-order valence-corrected chi connectivity index (χ1v) is 13.6. The zero-order valence-corrected chi connectivity index (χ0v) is 22.3. The fourth-order valence-electron chi connectivity index (χ4n) is 5.63. The van der Waals surface area contributed by atoms with Gasteiger partial charge in [-0.15, -0.1) is 0 Å². The minimum absolute atomic E-state index is 0.512. The first-order chi connectivity index (χ1) is 20.8. The number of pyridine rings is 2. The summed E-state index contributed by atoms with van der Waals surface area (Å²) in [4.78, 5) is 17.6. The van der Waals surface area contributed by atoms with E-state index in [1.807, 2.05) is 24.5 Å². The Hall–Kier alpha value is -5.88. The van der Waals surface area contributed by atoms with Crippen molar-refractivity contribution >= 4 is 21.5 Å². The van der Waals surface area contributed by atoms with Crippen molar-refractivity contribution in [1.29, 1.82) is 0 Å². The molecule has 0 aliphatic carbocycles. The Bertz CT molecular complexity index is 2010. The highest BCUT2D eigenvalue weighted by Crippen LogP contribution is 2.41. The van der Waals surface area contributed by atoms with Crippen LogP contribution < -0.4 is 0 Å². The molecule has 0 aliphatic heterocycles. The number of benzene rings is 4. The van der Waals surface area contributed by atoms with Crippen molar-refractivity contribution in [3.63, 3.8) is 0 Å². The van der Waals surface area contributed by atoms with Gasteiger partial charge in [0.2, 0.25) is 11.8 Å². The molecule has 0 fully saturated rings. The fraction of sp³-hybridized carbons (Fsp3) is 0. The zero-order chi connectivity index (χ0) is 27.9. The summed E-state index contributed by atoms with van der Waals surface area (Å²) >= 11 is 0. The van der Waals surface area contributed by atoms with Crippen LogP contribution in [0.3, 0.4) is 0 Å². The first kappa shape index (κ1) is 24.0. The molecule has 4 heterocycles. The predicted molar refractivity (Wildman–Crippen MR) is 164 cm³/mol. The van der Waals surface area contributed by atoms with Gasteiger partial charge in [-0.05, 0) is 55.9 Å². The molecule has 0 radical (unpaired) electrons. The molecule has 42 heavy (non-hydrogen) atoms. The molecule has 0 bridgehead atoms. The van der Waals surface area contributed by atoms with Gasteiger partial charge in [-0.25, -0.2) is 9.97 Å². The zero-order valence-electron chi connectivity index (χ0n) is 22.3. The third-order valence-corrected chi connectivity index (χ3v) is 7.59. The Kier molecular flexibility index (Phi) is 5.67. The molecule has 8 rings (SSSR count). The van der Waals surface area contributed by atoms with Gasteiger partial charge in [-0.1, -0.05) is 84.9 Å². The summed E-state index contributed by atoms with van der Waals surface area (Å²) < 4.78 is 10.8. The lowest BCUT2D eigenvalue weighted by atomic mass is 9.88. The van der Waals surface area contributed by atoms with Crippen molar-refractivity contribution in [1.82, 2.24) is 19.9 Å². The SMILES string of the molecule is c1ccc2c(-c3ccc(-c4ccc(-c5ncco5)nc4)c4ccccc34)ccc(-c3ccc(-c4ncco4)nc3)c2c1. The summed E-state index contributed by atoms with van der Waals surface area (Å²) in [5.74, 6) is 1.02. The maximum atomic E-state index is 5.41.